The second-order valence-corrected chi connectivity index (χ2v) is 5.93. The van der Waals surface area contributed by atoms with Crippen molar-refractivity contribution in [3.05, 3.63) is 87.4 Å². The summed E-state index contributed by atoms with van der Waals surface area (Å²) in [5.74, 6) is -0.664. The molecular weight excluding hydrogens is 357 g/mol. The number of nitrogens with zero attached hydrogens (tertiary/aromatic N) is 2. The van der Waals surface area contributed by atoms with Crippen LogP contribution < -0.4 is 10.9 Å². The van der Waals surface area contributed by atoms with Gasteiger partial charge in [-0.05, 0) is 42.5 Å². The molecule has 0 aliphatic rings. The van der Waals surface area contributed by atoms with Crippen LogP contribution in [-0.2, 0) is 6.54 Å². The molecule has 132 valence electrons. The standard InChI is InChI=1S/C19H15ClFN3O2/c20-16-4-2-1-3-15(16)19(26)22-11-12-24-18(25)10-9-17(23-24)13-5-7-14(21)8-6-13/h1-10H,11-12H2,(H,22,26). The lowest BCUT2D eigenvalue weighted by molar-refractivity contribution is 0.0952. The first-order chi connectivity index (χ1) is 12.5. The quantitative estimate of drug-likeness (QED) is 0.749. The van der Waals surface area contributed by atoms with E-state index in [4.69, 9.17) is 11.6 Å². The predicted molar refractivity (Wildman–Crippen MR) is 97.7 cm³/mol. The van der Waals surface area contributed by atoms with Crippen LogP contribution in [0.5, 0.6) is 0 Å². The molecule has 0 aliphatic heterocycles. The summed E-state index contributed by atoms with van der Waals surface area (Å²) in [4.78, 5) is 24.1. The number of aromatic nitrogens is 2. The minimum Gasteiger partial charge on any atom is -0.350 e. The summed E-state index contributed by atoms with van der Waals surface area (Å²) in [6, 6.07) is 15.5. The highest BCUT2D eigenvalue weighted by Gasteiger charge is 2.09. The van der Waals surface area contributed by atoms with Crippen molar-refractivity contribution in [2.75, 3.05) is 6.54 Å². The maximum absolute atomic E-state index is 13.0. The van der Waals surface area contributed by atoms with E-state index in [-0.39, 0.29) is 30.4 Å². The Bertz CT molecular complexity index is 987. The van der Waals surface area contributed by atoms with Gasteiger partial charge in [-0.1, -0.05) is 23.7 Å². The summed E-state index contributed by atoms with van der Waals surface area (Å²) in [6.07, 6.45) is 0. The Kier molecular flexibility index (Phi) is 5.43. The molecule has 0 aliphatic carbocycles. The lowest BCUT2D eigenvalue weighted by Crippen LogP contribution is -2.32. The molecule has 1 heterocycles. The molecule has 0 spiro atoms. The zero-order valence-corrected chi connectivity index (χ0v) is 14.4. The second kappa shape index (κ2) is 7.93. The van der Waals surface area contributed by atoms with Gasteiger partial charge in [0, 0.05) is 18.2 Å². The third-order valence-corrected chi connectivity index (χ3v) is 4.06. The maximum Gasteiger partial charge on any atom is 0.266 e. The third-order valence-electron chi connectivity index (χ3n) is 3.73. The van der Waals surface area contributed by atoms with Gasteiger partial charge in [-0.15, -0.1) is 0 Å². The van der Waals surface area contributed by atoms with Gasteiger partial charge >= 0.3 is 0 Å². The molecule has 5 nitrogen and oxygen atoms in total. The number of halogens is 2. The average Bonchev–Trinajstić information content (AvgIpc) is 2.64. The number of hydrogen-bond donors (Lipinski definition) is 1. The second-order valence-electron chi connectivity index (χ2n) is 5.52. The molecule has 0 atom stereocenters. The summed E-state index contributed by atoms with van der Waals surface area (Å²) in [6.45, 7) is 0.411. The van der Waals surface area contributed by atoms with Crippen LogP contribution in [0, 0.1) is 5.82 Å². The Hall–Kier alpha value is -2.99. The van der Waals surface area contributed by atoms with Crippen molar-refractivity contribution in [2.45, 2.75) is 6.54 Å². The highest BCUT2D eigenvalue weighted by atomic mass is 35.5. The van der Waals surface area contributed by atoms with Crippen LogP contribution in [0.2, 0.25) is 5.02 Å². The summed E-state index contributed by atoms with van der Waals surface area (Å²) in [5.41, 5.74) is 1.32. The fraction of sp³-hybridized carbons (Fsp3) is 0.105. The predicted octanol–water partition coefficient (Wildman–Crippen LogP) is 3.13. The summed E-state index contributed by atoms with van der Waals surface area (Å²) in [5, 5.41) is 7.33. The van der Waals surface area contributed by atoms with E-state index in [1.54, 1.807) is 42.5 Å². The fourth-order valence-corrected chi connectivity index (χ4v) is 2.62. The molecule has 0 unspecified atom stereocenters. The number of amides is 1. The third kappa shape index (κ3) is 4.15. The van der Waals surface area contributed by atoms with Crippen LogP contribution in [0.3, 0.4) is 0 Å². The van der Waals surface area contributed by atoms with Gasteiger partial charge in [-0.3, -0.25) is 9.59 Å². The molecule has 7 heteroatoms. The van der Waals surface area contributed by atoms with E-state index < -0.39 is 0 Å². The number of rotatable bonds is 5. The normalized spacial score (nSPS) is 10.5. The number of carbonyl (C=O) groups excluding carboxylic acids is 1. The first-order valence-electron chi connectivity index (χ1n) is 7.91. The molecular formula is C19H15ClFN3O2. The maximum atomic E-state index is 13.0. The van der Waals surface area contributed by atoms with Crippen LogP contribution >= 0.6 is 11.6 Å². The van der Waals surface area contributed by atoms with E-state index >= 15 is 0 Å². The Morgan fingerprint density at radius 3 is 2.54 bits per heavy atom. The highest BCUT2D eigenvalue weighted by molar-refractivity contribution is 6.33. The van der Waals surface area contributed by atoms with Gasteiger partial charge in [0.2, 0.25) is 0 Å². The van der Waals surface area contributed by atoms with Gasteiger partial charge in [-0.25, -0.2) is 9.07 Å². The summed E-state index contributed by atoms with van der Waals surface area (Å²) >= 11 is 5.98. The van der Waals surface area contributed by atoms with Gasteiger partial charge in [0.25, 0.3) is 11.5 Å². The average molecular weight is 372 g/mol. The fourth-order valence-electron chi connectivity index (χ4n) is 2.40. The topological polar surface area (TPSA) is 64.0 Å². The van der Waals surface area contributed by atoms with Crippen LogP contribution in [0.1, 0.15) is 10.4 Å². The molecule has 1 N–H and O–H groups in total. The lowest BCUT2D eigenvalue weighted by atomic mass is 10.1. The van der Waals surface area contributed by atoms with E-state index in [0.717, 1.165) is 0 Å². The minimum atomic E-state index is -0.343. The van der Waals surface area contributed by atoms with Crippen LogP contribution in [0.25, 0.3) is 11.3 Å². The zero-order chi connectivity index (χ0) is 18.5. The van der Waals surface area contributed by atoms with Crippen molar-refractivity contribution in [1.29, 1.82) is 0 Å². The molecule has 0 bridgehead atoms. The number of benzene rings is 2. The van der Waals surface area contributed by atoms with E-state index in [2.05, 4.69) is 10.4 Å². The number of nitrogens with one attached hydrogen (secondary N) is 1. The molecule has 3 rings (SSSR count). The van der Waals surface area contributed by atoms with E-state index in [9.17, 15) is 14.0 Å². The van der Waals surface area contributed by atoms with Crippen molar-refractivity contribution >= 4 is 17.5 Å². The smallest absolute Gasteiger partial charge is 0.266 e. The Labute approximate surface area is 154 Å². The molecule has 0 saturated carbocycles. The van der Waals surface area contributed by atoms with Crippen LogP contribution in [0.4, 0.5) is 4.39 Å². The molecule has 0 saturated heterocycles. The Morgan fingerprint density at radius 2 is 1.81 bits per heavy atom. The van der Waals surface area contributed by atoms with E-state index in [0.29, 0.717) is 21.8 Å². The van der Waals surface area contributed by atoms with Crippen LogP contribution in [0.15, 0.2) is 65.5 Å². The lowest BCUT2D eigenvalue weighted by Gasteiger charge is -2.09. The zero-order valence-electron chi connectivity index (χ0n) is 13.7. The molecule has 0 fully saturated rings. The Morgan fingerprint density at radius 1 is 1.08 bits per heavy atom. The minimum absolute atomic E-state index is 0.198. The molecule has 1 amide bonds. The highest BCUT2D eigenvalue weighted by Crippen LogP contribution is 2.16. The van der Waals surface area contributed by atoms with Crippen molar-refractivity contribution < 1.29 is 9.18 Å². The first-order valence-corrected chi connectivity index (χ1v) is 8.29. The van der Waals surface area contributed by atoms with Gasteiger partial charge in [0.05, 0.1) is 22.8 Å². The number of hydrogen-bond acceptors (Lipinski definition) is 3. The summed E-state index contributed by atoms with van der Waals surface area (Å²) in [7, 11) is 0. The molecule has 0 radical (unpaired) electrons. The largest absolute Gasteiger partial charge is 0.350 e. The SMILES string of the molecule is O=C(NCCn1nc(-c2ccc(F)cc2)ccc1=O)c1ccccc1Cl. The van der Waals surface area contributed by atoms with Crippen molar-refractivity contribution in [1.82, 2.24) is 15.1 Å². The van der Waals surface area contributed by atoms with Gasteiger partial charge in [0.1, 0.15) is 5.82 Å². The molecule has 26 heavy (non-hydrogen) atoms. The molecule has 3 aromatic rings. The van der Waals surface area contributed by atoms with Crippen LogP contribution in [-0.4, -0.2) is 22.2 Å². The van der Waals surface area contributed by atoms with E-state index in [1.165, 1.54) is 22.9 Å². The van der Waals surface area contributed by atoms with E-state index in [1.807, 2.05) is 0 Å². The summed E-state index contributed by atoms with van der Waals surface area (Å²) < 4.78 is 14.3. The first kappa shape index (κ1) is 17.8. The van der Waals surface area contributed by atoms with Gasteiger partial charge in [-0.2, -0.15) is 5.10 Å². The van der Waals surface area contributed by atoms with Gasteiger partial charge in [0.15, 0.2) is 0 Å². The monoisotopic (exact) mass is 371 g/mol. The van der Waals surface area contributed by atoms with Crippen molar-refractivity contribution in [2.24, 2.45) is 0 Å². The van der Waals surface area contributed by atoms with Gasteiger partial charge < -0.3 is 5.32 Å². The molecule has 1 aromatic heterocycles. The van der Waals surface area contributed by atoms with Crippen molar-refractivity contribution in [3.63, 3.8) is 0 Å². The van der Waals surface area contributed by atoms with Crippen molar-refractivity contribution in [3.8, 4) is 11.3 Å². The Balaban J connectivity index is 1.69. The number of carbonyl (C=O) groups is 1. The molecule has 2 aromatic carbocycles.